The van der Waals surface area contributed by atoms with E-state index in [2.05, 4.69) is 5.32 Å². The van der Waals surface area contributed by atoms with Crippen molar-refractivity contribution in [3.05, 3.63) is 0 Å². The van der Waals surface area contributed by atoms with Crippen LogP contribution in [0.25, 0.3) is 0 Å². The Balaban J connectivity index is 2.40. The van der Waals surface area contributed by atoms with Crippen LogP contribution in [0.1, 0.15) is 46.0 Å². The Kier molecular flexibility index (Phi) is 5.12. The normalized spacial score (nSPS) is 19.6. The largest absolute Gasteiger partial charge is 0.326 e. The molecule has 0 saturated carbocycles. The molecule has 1 rings (SSSR count). The lowest BCUT2D eigenvalue weighted by Gasteiger charge is -2.12. The van der Waals surface area contributed by atoms with Crippen LogP contribution in [-0.2, 0) is 9.59 Å². The summed E-state index contributed by atoms with van der Waals surface area (Å²) >= 11 is 0. The maximum Gasteiger partial charge on any atom is 0.324 e. The molecule has 3 amide bonds. The molecule has 1 saturated heterocycles. The molecule has 1 unspecified atom stereocenters. The molecule has 96 valence electrons. The van der Waals surface area contributed by atoms with E-state index in [1.165, 1.54) is 4.90 Å². The highest BCUT2D eigenvalue weighted by Gasteiger charge is 2.36. The van der Waals surface area contributed by atoms with Crippen LogP contribution in [0.5, 0.6) is 0 Å². The van der Waals surface area contributed by atoms with Crippen molar-refractivity contribution in [3.63, 3.8) is 0 Å². The minimum atomic E-state index is -0.366. The Bertz CT molecular complexity index is 315. The number of nitrogens with zero attached hydrogens (tertiary/aromatic N) is 1. The van der Waals surface area contributed by atoms with Crippen LogP contribution in [-0.4, -0.2) is 35.2 Å². The van der Waals surface area contributed by atoms with E-state index in [4.69, 9.17) is 0 Å². The zero-order chi connectivity index (χ0) is 12.8. The SMILES string of the molecule is CCCC1NC(=O)N(CCCC(=O)CC)C1=O. The molecule has 1 aliphatic heterocycles. The number of carbonyl (C=O) groups excluding carboxylic acids is 3. The number of imide groups is 1. The number of carbonyl (C=O) groups is 3. The highest BCUT2D eigenvalue weighted by atomic mass is 16.2. The number of urea groups is 1. The number of nitrogens with one attached hydrogen (secondary N) is 1. The number of ketones is 1. The highest BCUT2D eigenvalue weighted by Crippen LogP contribution is 2.12. The number of amides is 3. The predicted octanol–water partition coefficient (Wildman–Crippen LogP) is 1.47. The van der Waals surface area contributed by atoms with E-state index in [-0.39, 0.29) is 23.8 Å². The van der Waals surface area contributed by atoms with E-state index in [0.717, 1.165) is 6.42 Å². The molecule has 0 radical (unpaired) electrons. The number of Topliss-reactive ketones (excluding diaryl/α,β-unsaturated/α-hetero) is 1. The van der Waals surface area contributed by atoms with Crippen LogP contribution < -0.4 is 5.32 Å². The second kappa shape index (κ2) is 6.37. The molecular weight excluding hydrogens is 220 g/mol. The summed E-state index contributed by atoms with van der Waals surface area (Å²) in [7, 11) is 0. The summed E-state index contributed by atoms with van der Waals surface area (Å²) in [5.41, 5.74) is 0. The van der Waals surface area contributed by atoms with Crippen molar-refractivity contribution in [2.45, 2.75) is 52.0 Å². The lowest BCUT2D eigenvalue weighted by Crippen LogP contribution is -2.32. The topological polar surface area (TPSA) is 66.5 Å². The van der Waals surface area contributed by atoms with Gasteiger partial charge >= 0.3 is 6.03 Å². The molecular formula is C12H20N2O3. The second-order valence-corrected chi connectivity index (χ2v) is 4.28. The fourth-order valence-electron chi connectivity index (χ4n) is 1.88. The van der Waals surface area contributed by atoms with Gasteiger partial charge in [-0.2, -0.15) is 0 Å². The maximum absolute atomic E-state index is 11.8. The summed E-state index contributed by atoms with van der Waals surface area (Å²) in [6.07, 6.45) is 3.04. The molecule has 17 heavy (non-hydrogen) atoms. The Labute approximate surface area is 102 Å². The zero-order valence-electron chi connectivity index (χ0n) is 10.5. The van der Waals surface area contributed by atoms with Gasteiger partial charge in [0.1, 0.15) is 11.8 Å². The summed E-state index contributed by atoms with van der Waals surface area (Å²) in [5.74, 6) is 0.0166. The van der Waals surface area contributed by atoms with Crippen molar-refractivity contribution in [2.24, 2.45) is 0 Å². The van der Waals surface area contributed by atoms with Crippen molar-refractivity contribution in [2.75, 3.05) is 6.54 Å². The monoisotopic (exact) mass is 240 g/mol. The smallest absolute Gasteiger partial charge is 0.324 e. The van der Waals surface area contributed by atoms with Gasteiger partial charge < -0.3 is 5.32 Å². The summed E-state index contributed by atoms with van der Waals surface area (Å²) in [6, 6.07) is -0.688. The van der Waals surface area contributed by atoms with Crippen LogP contribution in [0, 0.1) is 0 Å². The van der Waals surface area contributed by atoms with Crippen molar-refractivity contribution < 1.29 is 14.4 Å². The first kappa shape index (κ1) is 13.7. The Morgan fingerprint density at radius 3 is 2.65 bits per heavy atom. The van der Waals surface area contributed by atoms with E-state index in [0.29, 0.717) is 32.2 Å². The number of hydrogen-bond donors (Lipinski definition) is 1. The first-order valence-corrected chi connectivity index (χ1v) is 6.23. The van der Waals surface area contributed by atoms with Gasteiger partial charge in [-0.15, -0.1) is 0 Å². The zero-order valence-corrected chi connectivity index (χ0v) is 10.5. The van der Waals surface area contributed by atoms with E-state index in [1.54, 1.807) is 0 Å². The molecule has 0 aromatic heterocycles. The molecule has 5 nitrogen and oxygen atoms in total. The van der Waals surface area contributed by atoms with E-state index in [9.17, 15) is 14.4 Å². The Morgan fingerprint density at radius 2 is 2.06 bits per heavy atom. The minimum absolute atomic E-state index is 0.152. The standard InChI is InChI=1S/C12H20N2O3/c1-3-6-10-11(16)14(12(17)13-10)8-5-7-9(15)4-2/h10H,3-8H2,1-2H3,(H,13,17). The van der Waals surface area contributed by atoms with Gasteiger partial charge in [0, 0.05) is 19.4 Å². The van der Waals surface area contributed by atoms with Crippen molar-refractivity contribution in [3.8, 4) is 0 Å². The quantitative estimate of drug-likeness (QED) is 0.685. The minimum Gasteiger partial charge on any atom is -0.326 e. The van der Waals surface area contributed by atoms with Gasteiger partial charge in [0.2, 0.25) is 0 Å². The fourth-order valence-corrected chi connectivity index (χ4v) is 1.88. The third-order valence-electron chi connectivity index (χ3n) is 2.92. The third kappa shape index (κ3) is 3.54. The average Bonchev–Trinajstić information content (AvgIpc) is 2.57. The van der Waals surface area contributed by atoms with Gasteiger partial charge in [-0.3, -0.25) is 14.5 Å². The molecule has 0 spiro atoms. The van der Waals surface area contributed by atoms with Gasteiger partial charge in [0.05, 0.1) is 0 Å². The van der Waals surface area contributed by atoms with Crippen LogP contribution in [0.2, 0.25) is 0 Å². The summed E-state index contributed by atoms with van der Waals surface area (Å²) in [6.45, 7) is 4.13. The Morgan fingerprint density at radius 1 is 1.35 bits per heavy atom. The van der Waals surface area contributed by atoms with Crippen molar-refractivity contribution >= 4 is 17.7 Å². The van der Waals surface area contributed by atoms with Gasteiger partial charge in [-0.25, -0.2) is 4.79 Å². The molecule has 1 fully saturated rings. The predicted molar refractivity (Wildman–Crippen MR) is 63.5 cm³/mol. The first-order chi connectivity index (χ1) is 8.10. The molecule has 1 heterocycles. The fraction of sp³-hybridized carbons (Fsp3) is 0.750. The molecule has 5 heteroatoms. The first-order valence-electron chi connectivity index (χ1n) is 6.23. The molecule has 0 bridgehead atoms. The van der Waals surface area contributed by atoms with Gasteiger partial charge in [-0.05, 0) is 12.8 Å². The van der Waals surface area contributed by atoms with Crippen molar-refractivity contribution in [1.82, 2.24) is 10.2 Å². The molecule has 0 aromatic rings. The number of rotatable bonds is 7. The molecule has 1 aliphatic rings. The van der Waals surface area contributed by atoms with E-state index >= 15 is 0 Å². The Hall–Kier alpha value is -1.39. The maximum atomic E-state index is 11.8. The summed E-state index contributed by atoms with van der Waals surface area (Å²) in [4.78, 5) is 35.7. The molecule has 0 aromatic carbocycles. The molecule has 0 aliphatic carbocycles. The van der Waals surface area contributed by atoms with Crippen LogP contribution >= 0.6 is 0 Å². The highest BCUT2D eigenvalue weighted by molar-refractivity contribution is 6.04. The average molecular weight is 240 g/mol. The van der Waals surface area contributed by atoms with Gasteiger partial charge in [0.15, 0.2) is 0 Å². The third-order valence-corrected chi connectivity index (χ3v) is 2.92. The summed E-state index contributed by atoms with van der Waals surface area (Å²) < 4.78 is 0. The lowest BCUT2D eigenvalue weighted by molar-refractivity contribution is -0.128. The summed E-state index contributed by atoms with van der Waals surface area (Å²) in [5, 5.41) is 2.66. The van der Waals surface area contributed by atoms with Crippen molar-refractivity contribution in [1.29, 1.82) is 0 Å². The van der Waals surface area contributed by atoms with Crippen LogP contribution in [0.15, 0.2) is 0 Å². The van der Waals surface area contributed by atoms with E-state index < -0.39 is 0 Å². The van der Waals surface area contributed by atoms with Crippen LogP contribution in [0.3, 0.4) is 0 Å². The van der Waals surface area contributed by atoms with E-state index in [1.807, 2.05) is 13.8 Å². The number of hydrogen-bond acceptors (Lipinski definition) is 3. The van der Waals surface area contributed by atoms with Gasteiger partial charge in [-0.1, -0.05) is 20.3 Å². The van der Waals surface area contributed by atoms with Crippen LogP contribution in [0.4, 0.5) is 4.79 Å². The molecule has 1 N–H and O–H groups in total. The lowest BCUT2D eigenvalue weighted by atomic mass is 10.1. The second-order valence-electron chi connectivity index (χ2n) is 4.28. The molecule has 1 atom stereocenters. The van der Waals surface area contributed by atoms with Gasteiger partial charge in [0.25, 0.3) is 5.91 Å².